The monoisotopic (exact) mass is 262 g/mol. The molecular formula is C12H10N2O5. The normalized spacial score (nSPS) is 10.2. The zero-order valence-corrected chi connectivity index (χ0v) is 9.91. The number of ether oxygens (including phenoxy) is 1. The maximum absolute atomic E-state index is 11.9. The highest BCUT2D eigenvalue weighted by atomic mass is 16.5. The van der Waals surface area contributed by atoms with E-state index in [0.717, 1.165) is 10.6 Å². The molecule has 0 saturated heterocycles. The van der Waals surface area contributed by atoms with Crippen LogP contribution in [0.15, 0.2) is 39.9 Å². The Hall–Kier alpha value is -2.83. The van der Waals surface area contributed by atoms with Crippen LogP contribution in [0, 0.1) is 0 Å². The van der Waals surface area contributed by atoms with Gasteiger partial charge >= 0.3 is 11.7 Å². The number of para-hydroxylation sites is 2. The molecule has 98 valence electrons. The van der Waals surface area contributed by atoms with Gasteiger partial charge in [-0.1, -0.05) is 12.1 Å². The number of aromatic carboxylic acids is 1. The number of aromatic nitrogens is 2. The zero-order valence-electron chi connectivity index (χ0n) is 9.91. The van der Waals surface area contributed by atoms with Crippen LogP contribution in [0.2, 0.25) is 0 Å². The number of nitrogens with zero attached hydrogens (tertiary/aromatic N) is 1. The van der Waals surface area contributed by atoms with Crippen molar-refractivity contribution < 1.29 is 14.6 Å². The molecule has 19 heavy (non-hydrogen) atoms. The molecule has 2 N–H and O–H groups in total. The molecule has 0 aliphatic rings. The lowest BCUT2D eigenvalue weighted by molar-refractivity contribution is 0.0689. The van der Waals surface area contributed by atoms with Crippen LogP contribution >= 0.6 is 0 Å². The summed E-state index contributed by atoms with van der Waals surface area (Å²) in [4.78, 5) is 36.5. The van der Waals surface area contributed by atoms with Crippen LogP contribution in [-0.4, -0.2) is 27.7 Å². The molecule has 0 fully saturated rings. The van der Waals surface area contributed by atoms with Crippen molar-refractivity contribution >= 4 is 5.97 Å². The predicted octanol–water partition coefficient (Wildman–Crippen LogP) is 0.233. The average Bonchev–Trinajstić information content (AvgIpc) is 2.38. The van der Waals surface area contributed by atoms with Gasteiger partial charge in [0.15, 0.2) is 0 Å². The maximum Gasteiger partial charge on any atom is 0.352 e. The van der Waals surface area contributed by atoms with Gasteiger partial charge in [-0.05, 0) is 12.1 Å². The van der Waals surface area contributed by atoms with Crippen LogP contribution in [0.4, 0.5) is 0 Å². The largest absolute Gasteiger partial charge is 0.495 e. The molecule has 2 rings (SSSR count). The van der Waals surface area contributed by atoms with E-state index in [9.17, 15) is 14.4 Å². The van der Waals surface area contributed by atoms with Crippen LogP contribution in [-0.2, 0) is 0 Å². The number of benzene rings is 1. The number of carboxylic acid groups (broad SMARTS) is 1. The first kappa shape index (κ1) is 12.6. The van der Waals surface area contributed by atoms with Crippen molar-refractivity contribution in [3.05, 3.63) is 56.9 Å². The second kappa shape index (κ2) is 4.81. The Labute approximate surface area is 106 Å². The summed E-state index contributed by atoms with van der Waals surface area (Å²) in [5, 5.41) is 8.75. The number of carbonyl (C=O) groups is 1. The first-order chi connectivity index (χ1) is 9.04. The van der Waals surface area contributed by atoms with E-state index >= 15 is 0 Å². The fourth-order valence-electron chi connectivity index (χ4n) is 1.65. The molecule has 0 amide bonds. The molecule has 2 aromatic rings. The van der Waals surface area contributed by atoms with Crippen molar-refractivity contribution in [2.75, 3.05) is 7.11 Å². The van der Waals surface area contributed by atoms with Crippen molar-refractivity contribution in [3.8, 4) is 11.4 Å². The molecule has 1 heterocycles. The summed E-state index contributed by atoms with van der Waals surface area (Å²) in [5.41, 5.74) is -1.80. The molecule has 7 heteroatoms. The number of nitrogens with one attached hydrogen (secondary N) is 1. The molecule has 0 spiro atoms. The van der Waals surface area contributed by atoms with Gasteiger partial charge in [-0.3, -0.25) is 4.79 Å². The van der Waals surface area contributed by atoms with Crippen LogP contribution in [0.1, 0.15) is 10.5 Å². The SMILES string of the molecule is COc1ccccc1-n1c(=O)cc(C(=O)O)[nH]c1=O. The Morgan fingerprint density at radius 1 is 1.32 bits per heavy atom. The van der Waals surface area contributed by atoms with Gasteiger partial charge in [-0.25, -0.2) is 14.2 Å². The Kier molecular flexibility index (Phi) is 3.19. The van der Waals surface area contributed by atoms with E-state index in [4.69, 9.17) is 9.84 Å². The zero-order chi connectivity index (χ0) is 14.0. The van der Waals surface area contributed by atoms with Gasteiger partial charge in [-0.15, -0.1) is 0 Å². The van der Waals surface area contributed by atoms with Gasteiger partial charge in [-0.2, -0.15) is 0 Å². The standard InChI is InChI=1S/C12H10N2O5/c1-19-9-5-3-2-4-8(9)14-10(15)6-7(11(16)17)13-12(14)18/h2-6H,1H3,(H,13,18)(H,16,17). The fourth-order valence-corrected chi connectivity index (χ4v) is 1.65. The third-order valence-electron chi connectivity index (χ3n) is 2.49. The van der Waals surface area contributed by atoms with Gasteiger partial charge in [0.2, 0.25) is 0 Å². The molecular weight excluding hydrogens is 252 g/mol. The summed E-state index contributed by atoms with van der Waals surface area (Å²) < 4.78 is 5.87. The van der Waals surface area contributed by atoms with Crippen molar-refractivity contribution in [1.29, 1.82) is 0 Å². The molecule has 0 bridgehead atoms. The molecule has 0 saturated carbocycles. The van der Waals surface area contributed by atoms with Crippen molar-refractivity contribution in [3.63, 3.8) is 0 Å². The number of hydrogen-bond acceptors (Lipinski definition) is 4. The number of H-pyrrole nitrogens is 1. The van der Waals surface area contributed by atoms with Gasteiger partial charge in [0.1, 0.15) is 11.4 Å². The lowest BCUT2D eigenvalue weighted by atomic mass is 10.3. The van der Waals surface area contributed by atoms with Gasteiger partial charge in [0, 0.05) is 6.07 Å². The third kappa shape index (κ3) is 2.25. The van der Waals surface area contributed by atoms with E-state index < -0.39 is 22.9 Å². The molecule has 1 aromatic carbocycles. The van der Waals surface area contributed by atoms with E-state index in [0.29, 0.717) is 5.75 Å². The quantitative estimate of drug-likeness (QED) is 0.824. The Morgan fingerprint density at radius 3 is 2.58 bits per heavy atom. The van der Waals surface area contributed by atoms with Gasteiger partial charge in [0.25, 0.3) is 5.56 Å². The maximum atomic E-state index is 11.9. The van der Waals surface area contributed by atoms with Crippen molar-refractivity contribution in [2.45, 2.75) is 0 Å². The van der Waals surface area contributed by atoms with E-state index in [1.54, 1.807) is 18.2 Å². The van der Waals surface area contributed by atoms with Crippen LogP contribution < -0.4 is 16.0 Å². The minimum Gasteiger partial charge on any atom is -0.495 e. The van der Waals surface area contributed by atoms with E-state index in [1.165, 1.54) is 13.2 Å². The third-order valence-corrected chi connectivity index (χ3v) is 2.49. The Bertz CT molecular complexity index is 713. The number of methoxy groups -OCH3 is 1. The second-order valence-corrected chi connectivity index (χ2v) is 3.64. The summed E-state index contributed by atoms with van der Waals surface area (Å²) in [7, 11) is 1.41. The Balaban J connectivity index is 2.74. The van der Waals surface area contributed by atoms with Crippen LogP contribution in [0.5, 0.6) is 5.75 Å². The summed E-state index contributed by atoms with van der Waals surface area (Å²) in [6.45, 7) is 0. The van der Waals surface area contributed by atoms with Crippen molar-refractivity contribution in [2.24, 2.45) is 0 Å². The summed E-state index contributed by atoms with van der Waals surface area (Å²) >= 11 is 0. The highest BCUT2D eigenvalue weighted by Gasteiger charge is 2.13. The smallest absolute Gasteiger partial charge is 0.352 e. The second-order valence-electron chi connectivity index (χ2n) is 3.64. The van der Waals surface area contributed by atoms with Gasteiger partial charge in [0.05, 0.1) is 12.8 Å². The van der Waals surface area contributed by atoms with Crippen LogP contribution in [0.25, 0.3) is 5.69 Å². The molecule has 0 aliphatic heterocycles. The molecule has 0 radical (unpaired) electrons. The predicted molar refractivity (Wildman–Crippen MR) is 66.2 cm³/mol. The minimum absolute atomic E-state index is 0.244. The lowest BCUT2D eigenvalue weighted by Gasteiger charge is -2.09. The Morgan fingerprint density at radius 2 is 2.00 bits per heavy atom. The van der Waals surface area contributed by atoms with Gasteiger partial charge < -0.3 is 14.8 Å². The minimum atomic E-state index is -1.37. The van der Waals surface area contributed by atoms with E-state index in [1.807, 2.05) is 0 Å². The number of hydrogen-bond donors (Lipinski definition) is 2. The molecule has 1 aromatic heterocycles. The molecule has 0 aliphatic carbocycles. The molecule has 0 atom stereocenters. The topological polar surface area (TPSA) is 101 Å². The fraction of sp³-hybridized carbons (Fsp3) is 0.0833. The average molecular weight is 262 g/mol. The first-order valence-electron chi connectivity index (χ1n) is 5.27. The lowest BCUT2D eigenvalue weighted by Crippen LogP contribution is -2.35. The van der Waals surface area contributed by atoms with Crippen molar-refractivity contribution in [1.82, 2.24) is 9.55 Å². The molecule has 7 nitrogen and oxygen atoms in total. The highest BCUT2D eigenvalue weighted by molar-refractivity contribution is 5.84. The highest BCUT2D eigenvalue weighted by Crippen LogP contribution is 2.18. The number of aromatic amines is 1. The van der Waals surface area contributed by atoms with E-state index in [-0.39, 0.29) is 5.69 Å². The number of rotatable bonds is 3. The first-order valence-corrected chi connectivity index (χ1v) is 5.27. The summed E-state index contributed by atoms with van der Waals surface area (Å²) in [5.74, 6) is -1.04. The summed E-state index contributed by atoms with van der Waals surface area (Å²) in [6.07, 6.45) is 0. The molecule has 0 unspecified atom stereocenters. The number of carboxylic acids is 1. The summed E-state index contributed by atoms with van der Waals surface area (Å²) in [6, 6.07) is 7.28. The van der Waals surface area contributed by atoms with E-state index in [2.05, 4.69) is 4.98 Å². The van der Waals surface area contributed by atoms with Crippen LogP contribution in [0.3, 0.4) is 0 Å².